The van der Waals surface area contributed by atoms with Gasteiger partial charge in [-0.05, 0) is 69.7 Å². The van der Waals surface area contributed by atoms with Crippen LogP contribution in [0.1, 0.15) is 101 Å². The zero-order valence-electron chi connectivity index (χ0n) is 26.8. The lowest BCUT2D eigenvalue weighted by Crippen LogP contribution is -2.60. The SMILES string of the molecule is C/C=C\C(=C/C)CC[C@H](O)N1CCCC1C(=O)N[C@H](C(=O)NC(CC(C)CC)C(O)CNCC(C)C)C(C)(C)C. The first-order valence-corrected chi connectivity index (χ1v) is 15.5. The molecule has 8 heteroatoms. The quantitative estimate of drug-likeness (QED) is 0.170. The first kappa shape index (κ1) is 36.3. The van der Waals surface area contributed by atoms with E-state index in [0.29, 0.717) is 44.2 Å². The number of rotatable bonds is 17. The molecule has 1 fully saturated rings. The van der Waals surface area contributed by atoms with Crippen LogP contribution < -0.4 is 16.0 Å². The number of hydrogen-bond donors (Lipinski definition) is 5. The van der Waals surface area contributed by atoms with Crippen LogP contribution in [-0.2, 0) is 9.59 Å². The van der Waals surface area contributed by atoms with E-state index >= 15 is 0 Å². The highest BCUT2D eigenvalue weighted by Gasteiger charge is 2.40. The minimum Gasteiger partial charge on any atom is -0.390 e. The molecule has 1 aliphatic heterocycles. The number of carbonyl (C=O) groups is 2. The van der Waals surface area contributed by atoms with Crippen LogP contribution in [0.15, 0.2) is 23.8 Å². The molecule has 232 valence electrons. The van der Waals surface area contributed by atoms with Crippen LogP contribution in [0.25, 0.3) is 0 Å². The Morgan fingerprint density at radius 1 is 1.07 bits per heavy atom. The van der Waals surface area contributed by atoms with E-state index in [9.17, 15) is 19.8 Å². The largest absolute Gasteiger partial charge is 0.390 e. The van der Waals surface area contributed by atoms with Crippen LogP contribution >= 0.6 is 0 Å². The molecule has 6 atom stereocenters. The van der Waals surface area contributed by atoms with Crippen molar-refractivity contribution in [1.82, 2.24) is 20.9 Å². The number of carbonyl (C=O) groups excluding carboxylic acids is 2. The van der Waals surface area contributed by atoms with E-state index in [1.54, 1.807) is 0 Å². The summed E-state index contributed by atoms with van der Waals surface area (Å²) in [4.78, 5) is 29.1. The Bertz CT molecular complexity index is 820. The predicted octanol–water partition coefficient (Wildman–Crippen LogP) is 4.13. The van der Waals surface area contributed by atoms with Gasteiger partial charge in [-0.1, -0.05) is 78.7 Å². The Labute approximate surface area is 244 Å². The maximum absolute atomic E-state index is 13.7. The van der Waals surface area contributed by atoms with Crippen molar-refractivity contribution in [2.45, 2.75) is 131 Å². The van der Waals surface area contributed by atoms with Gasteiger partial charge in [-0.2, -0.15) is 0 Å². The van der Waals surface area contributed by atoms with E-state index in [0.717, 1.165) is 31.4 Å². The molecule has 0 aromatic rings. The van der Waals surface area contributed by atoms with E-state index in [-0.39, 0.29) is 11.8 Å². The molecule has 0 aliphatic carbocycles. The van der Waals surface area contributed by atoms with Crippen LogP contribution in [0.4, 0.5) is 0 Å². The number of nitrogens with zero attached hydrogens (tertiary/aromatic N) is 1. The highest BCUT2D eigenvalue weighted by atomic mass is 16.3. The summed E-state index contributed by atoms with van der Waals surface area (Å²) in [5.41, 5.74) is 0.608. The van der Waals surface area contributed by atoms with Crippen LogP contribution in [0.2, 0.25) is 0 Å². The van der Waals surface area contributed by atoms with E-state index in [4.69, 9.17) is 0 Å². The van der Waals surface area contributed by atoms with Crippen molar-refractivity contribution < 1.29 is 19.8 Å². The zero-order valence-corrected chi connectivity index (χ0v) is 26.8. The summed E-state index contributed by atoms with van der Waals surface area (Å²) in [5.74, 6) is 0.273. The van der Waals surface area contributed by atoms with Gasteiger partial charge in [-0.3, -0.25) is 14.5 Å². The molecule has 1 rings (SSSR count). The number of amides is 2. The summed E-state index contributed by atoms with van der Waals surface area (Å²) < 4.78 is 0. The molecule has 1 saturated heterocycles. The van der Waals surface area contributed by atoms with E-state index < -0.39 is 35.9 Å². The van der Waals surface area contributed by atoms with Crippen LogP contribution in [-0.4, -0.2) is 77.0 Å². The van der Waals surface area contributed by atoms with Crippen molar-refractivity contribution in [3.63, 3.8) is 0 Å². The summed E-state index contributed by atoms with van der Waals surface area (Å²) in [7, 11) is 0. The topological polar surface area (TPSA) is 114 Å². The lowest BCUT2D eigenvalue weighted by Gasteiger charge is -2.36. The maximum Gasteiger partial charge on any atom is 0.243 e. The number of aliphatic hydroxyl groups excluding tert-OH is 2. The van der Waals surface area contributed by atoms with Gasteiger partial charge in [-0.25, -0.2) is 0 Å². The predicted molar refractivity (Wildman–Crippen MR) is 165 cm³/mol. The summed E-state index contributed by atoms with van der Waals surface area (Å²) in [6.07, 6.45) is 8.93. The minimum atomic E-state index is -0.779. The standard InChI is InChI=1S/C32H60N4O4/c1-10-14-24(12-3)16-17-28(38)36-18-13-15-26(36)30(39)35-29(32(7,8)9)31(40)34-25(19-23(6)11-2)27(37)21-33-20-22(4)5/h10,12,14,22-23,25-29,33,37-38H,11,13,15-21H2,1-9H3,(H,34,40)(H,35,39)/b14-10-,24-12+/t23?,25?,26?,27?,28-,29+/m0/s1. The summed E-state index contributed by atoms with van der Waals surface area (Å²) >= 11 is 0. The average molecular weight is 565 g/mol. The number of nitrogens with one attached hydrogen (secondary N) is 3. The first-order valence-electron chi connectivity index (χ1n) is 15.5. The van der Waals surface area contributed by atoms with Gasteiger partial charge in [0.2, 0.25) is 11.8 Å². The number of hydrogen-bond acceptors (Lipinski definition) is 6. The Kier molecular flexibility index (Phi) is 16.3. The smallest absolute Gasteiger partial charge is 0.243 e. The molecule has 2 amide bonds. The van der Waals surface area contributed by atoms with Crippen molar-refractivity contribution in [2.24, 2.45) is 17.3 Å². The molecule has 0 aromatic carbocycles. The second-order valence-corrected chi connectivity index (χ2v) is 13.1. The van der Waals surface area contributed by atoms with Crippen molar-refractivity contribution in [3.8, 4) is 0 Å². The van der Waals surface area contributed by atoms with Crippen LogP contribution in [0, 0.1) is 17.3 Å². The summed E-state index contributed by atoms with van der Waals surface area (Å²) in [6.45, 7) is 20.0. The second-order valence-electron chi connectivity index (χ2n) is 13.1. The molecule has 40 heavy (non-hydrogen) atoms. The molecule has 0 saturated carbocycles. The Hall–Kier alpha value is -1.74. The highest BCUT2D eigenvalue weighted by Crippen LogP contribution is 2.25. The van der Waals surface area contributed by atoms with E-state index in [2.05, 4.69) is 43.6 Å². The first-order chi connectivity index (χ1) is 18.7. The molecule has 1 heterocycles. The monoisotopic (exact) mass is 564 g/mol. The molecule has 0 radical (unpaired) electrons. The third kappa shape index (κ3) is 12.4. The van der Waals surface area contributed by atoms with Crippen molar-refractivity contribution in [1.29, 1.82) is 0 Å². The van der Waals surface area contributed by atoms with E-state index in [1.807, 2.05) is 57.7 Å². The molecule has 8 nitrogen and oxygen atoms in total. The number of aliphatic hydroxyl groups is 2. The number of likely N-dealkylation sites (tertiary alicyclic amines) is 1. The van der Waals surface area contributed by atoms with Crippen molar-refractivity contribution >= 4 is 11.8 Å². The van der Waals surface area contributed by atoms with Crippen molar-refractivity contribution in [3.05, 3.63) is 23.8 Å². The molecule has 0 bridgehead atoms. The van der Waals surface area contributed by atoms with Crippen LogP contribution in [0.3, 0.4) is 0 Å². The van der Waals surface area contributed by atoms with Gasteiger partial charge >= 0.3 is 0 Å². The Balaban J connectivity index is 2.97. The zero-order chi connectivity index (χ0) is 30.5. The van der Waals surface area contributed by atoms with Gasteiger partial charge in [0, 0.05) is 13.1 Å². The van der Waals surface area contributed by atoms with E-state index in [1.165, 1.54) is 0 Å². The summed E-state index contributed by atoms with van der Waals surface area (Å²) in [5, 5.41) is 31.4. The average Bonchev–Trinajstić information content (AvgIpc) is 3.38. The minimum absolute atomic E-state index is 0.232. The fourth-order valence-electron chi connectivity index (χ4n) is 5.18. The molecule has 4 unspecified atom stereocenters. The lowest BCUT2D eigenvalue weighted by molar-refractivity contribution is -0.137. The maximum atomic E-state index is 13.7. The molecular formula is C32H60N4O4. The van der Waals surface area contributed by atoms with Gasteiger partial charge in [-0.15, -0.1) is 0 Å². The fraction of sp³-hybridized carbons (Fsp3) is 0.812. The van der Waals surface area contributed by atoms with Crippen molar-refractivity contribution in [2.75, 3.05) is 19.6 Å². The summed E-state index contributed by atoms with van der Waals surface area (Å²) in [6, 6.07) is -1.68. The van der Waals surface area contributed by atoms with Gasteiger partial charge in [0.25, 0.3) is 0 Å². The van der Waals surface area contributed by atoms with Gasteiger partial charge in [0.15, 0.2) is 0 Å². The third-order valence-corrected chi connectivity index (χ3v) is 7.89. The van der Waals surface area contributed by atoms with Gasteiger partial charge in [0.05, 0.1) is 18.2 Å². The molecule has 5 N–H and O–H groups in total. The molecular weight excluding hydrogens is 504 g/mol. The number of allylic oxidation sites excluding steroid dienone is 4. The van der Waals surface area contributed by atoms with Gasteiger partial charge < -0.3 is 26.2 Å². The third-order valence-electron chi connectivity index (χ3n) is 7.89. The Morgan fingerprint density at radius 3 is 2.30 bits per heavy atom. The molecule has 1 aliphatic rings. The normalized spacial score (nSPS) is 20.9. The highest BCUT2D eigenvalue weighted by molar-refractivity contribution is 5.90. The van der Waals surface area contributed by atoms with Crippen LogP contribution in [0.5, 0.6) is 0 Å². The Morgan fingerprint density at radius 2 is 1.75 bits per heavy atom. The molecule has 0 aromatic heterocycles. The fourth-order valence-corrected chi connectivity index (χ4v) is 5.18. The van der Waals surface area contributed by atoms with Gasteiger partial charge in [0.1, 0.15) is 12.3 Å². The second kappa shape index (κ2) is 17.9. The lowest BCUT2D eigenvalue weighted by atomic mass is 9.85. The molecule has 0 spiro atoms.